The molecule has 1 saturated carbocycles. The Balaban J connectivity index is 1.26. The number of nitrogens with one attached hydrogen (secondary N) is 2. The van der Waals surface area contributed by atoms with Crippen molar-refractivity contribution in [2.45, 2.75) is 32.4 Å². The Labute approximate surface area is 179 Å². The van der Waals surface area contributed by atoms with Crippen molar-refractivity contribution in [1.29, 1.82) is 0 Å². The van der Waals surface area contributed by atoms with E-state index >= 15 is 0 Å². The molecule has 1 amide bonds. The smallest absolute Gasteiger partial charge is 0.258 e. The lowest BCUT2D eigenvalue weighted by Gasteiger charge is -2.16. The quantitative estimate of drug-likeness (QED) is 0.479. The Morgan fingerprint density at radius 2 is 2.10 bits per heavy atom. The van der Waals surface area contributed by atoms with Crippen molar-refractivity contribution in [3.63, 3.8) is 0 Å². The summed E-state index contributed by atoms with van der Waals surface area (Å²) in [5.41, 5.74) is 3.80. The number of carbonyl (C=O) groups is 1. The molecule has 0 spiro atoms. The number of carbonyl (C=O) groups excluding carboxylic acids is 1. The van der Waals surface area contributed by atoms with Crippen LogP contribution in [0.3, 0.4) is 0 Å². The minimum absolute atomic E-state index is 0.0295. The lowest BCUT2D eigenvalue weighted by atomic mass is 10.1. The van der Waals surface area contributed by atoms with E-state index in [-0.39, 0.29) is 11.9 Å². The van der Waals surface area contributed by atoms with Gasteiger partial charge in [0.1, 0.15) is 11.3 Å². The number of aromatic nitrogens is 6. The van der Waals surface area contributed by atoms with Crippen LogP contribution in [0.5, 0.6) is 0 Å². The number of amides is 1. The van der Waals surface area contributed by atoms with E-state index in [9.17, 15) is 4.79 Å². The fraction of sp³-hybridized carbons (Fsp3) is 0.318. The van der Waals surface area contributed by atoms with Crippen LogP contribution in [-0.4, -0.2) is 35.4 Å². The average molecular weight is 416 g/mol. The first-order chi connectivity index (χ1) is 15.0. The standard InChI is InChI=1S/C22H24N8O/c1-14(26-20-11-23-19-10-24-29(2)21(19)28-20)16-4-3-5-18(8-16)27-22(31)17-9-25-30(13-17)12-15-6-7-15/h3-5,8-11,13-15H,6-7,12H2,1-2H3,(H,26,28)(H,27,31)/t14-/m0/s1. The second-order valence-electron chi connectivity index (χ2n) is 8.07. The van der Waals surface area contributed by atoms with E-state index in [1.165, 1.54) is 12.8 Å². The van der Waals surface area contributed by atoms with Gasteiger partial charge in [-0.15, -0.1) is 0 Å². The van der Waals surface area contributed by atoms with E-state index in [2.05, 4.69) is 30.8 Å². The van der Waals surface area contributed by atoms with Gasteiger partial charge in [0.05, 0.1) is 30.2 Å². The maximum atomic E-state index is 12.6. The van der Waals surface area contributed by atoms with Crippen LogP contribution >= 0.6 is 0 Å². The van der Waals surface area contributed by atoms with E-state index in [1.54, 1.807) is 23.3 Å². The van der Waals surface area contributed by atoms with E-state index in [0.717, 1.165) is 29.0 Å². The summed E-state index contributed by atoms with van der Waals surface area (Å²) in [6.45, 7) is 2.93. The van der Waals surface area contributed by atoms with Crippen molar-refractivity contribution in [2.75, 3.05) is 10.6 Å². The predicted octanol–water partition coefficient (Wildman–Crippen LogP) is 3.40. The number of benzene rings is 1. The average Bonchev–Trinajstić information content (AvgIpc) is 3.32. The van der Waals surface area contributed by atoms with Crippen LogP contribution in [0.2, 0.25) is 0 Å². The number of rotatable bonds is 7. The summed E-state index contributed by atoms with van der Waals surface area (Å²) in [6, 6.07) is 7.75. The van der Waals surface area contributed by atoms with Crippen LogP contribution in [0.1, 0.15) is 41.7 Å². The van der Waals surface area contributed by atoms with Gasteiger partial charge in [0, 0.05) is 25.5 Å². The Kier molecular flexibility index (Phi) is 4.85. The molecule has 0 unspecified atom stereocenters. The monoisotopic (exact) mass is 416 g/mol. The molecule has 1 aromatic carbocycles. The third-order valence-corrected chi connectivity index (χ3v) is 5.49. The number of hydrogen-bond acceptors (Lipinski definition) is 6. The Hall–Kier alpha value is -3.75. The second-order valence-corrected chi connectivity index (χ2v) is 8.07. The van der Waals surface area contributed by atoms with E-state index in [0.29, 0.717) is 17.3 Å². The number of aryl methyl sites for hydroxylation is 1. The molecule has 3 aromatic heterocycles. The first-order valence-corrected chi connectivity index (χ1v) is 10.4. The van der Waals surface area contributed by atoms with Crippen molar-refractivity contribution < 1.29 is 4.79 Å². The number of anilines is 2. The van der Waals surface area contributed by atoms with Crippen molar-refractivity contribution in [3.05, 3.63) is 60.2 Å². The van der Waals surface area contributed by atoms with E-state index < -0.39 is 0 Å². The van der Waals surface area contributed by atoms with Gasteiger partial charge in [0.15, 0.2) is 5.65 Å². The predicted molar refractivity (Wildman–Crippen MR) is 118 cm³/mol. The largest absolute Gasteiger partial charge is 0.362 e. The molecule has 3 heterocycles. The molecule has 0 radical (unpaired) electrons. The van der Waals surface area contributed by atoms with Gasteiger partial charge in [0.25, 0.3) is 5.91 Å². The highest BCUT2D eigenvalue weighted by atomic mass is 16.1. The van der Waals surface area contributed by atoms with Crippen LogP contribution in [0.4, 0.5) is 11.5 Å². The summed E-state index contributed by atoms with van der Waals surface area (Å²) >= 11 is 0. The van der Waals surface area contributed by atoms with Gasteiger partial charge in [-0.1, -0.05) is 12.1 Å². The molecule has 158 valence electrons. The van der Waals surface area contributed by atoms with Crippen molar-refractivity contribution in [2.24, 2.45) is 13.0 Å². The minimum Gasteiger partial charge on any atom is -0.362 e. The van der Waals surface area contributed by atoms with Crippen LogP contribution in [0.25, 0.3) is 11.2 Å². The molecule has 0 bridgehead atoms. The van der Waals surface area contributed by atoms with Crippen molar-refractivity contribution in [3.8, 4) is 0 Å². The maximum Gasteiger partial charge on any atom is 0.258 e. The van der Waals surface area contributed by atoms with Gasteiger partial charge in [-0.05, 0) is 43.4 Å². The molecule has 1 aliphatic carbocycles. The third kappa shape index (κ3) is 4.25. The Morgan fingerprint density at radius 3 is 2.94 bits per heavy atom. The van der Waals surface area contributed by atoms with Gasteiger partial charge in [0.2, 0.25) is 0 Å². The van der Waals surface area contributed by atoms with Gasteiger partial charge in [-0.3, -0.25) is 9.48 Å². The van der Waals surface area contributed by atoms with Crippen molar-refractivity contribution in [1.82, 2.24) is 29.5 Å². The Morgan fingerprint density at radius 1 is 1.23 bits per heavy atom. The van der Waals surface area contributed by atoms with Gasteiger partial charge < -0.3 is 10.6 Å². The molecule has 1 atom stereocenters. The number of hydrogen-bond donors (Lipinski definition) is 2. The summed E-state index contributed by atoms with van der Waals surface area (Å²) in [6.07, 6.45) is 9.33. The molecule has 31 heavy (non-hydrogen) atoms. The highest BCUT2D eigenvalue weighted by molar-refractivity contribution is 6.03. The second kappa shape index (κ2) is 7.82. The summed E-state index contributed by atoms with van der Waals surface area (Å²) in [4.78, 5) is 21.6. The first-order valence-electron chi connectivity index (χ1n) is 10.4. The van der Waals surface area contributed by atoms with Gasteiger partial charge >= 0.3 is 0 Å². The topological polar surface area (TPSA) is 103 Å². The zero-order valence-corrected chi connectivity index (χ0v) is 17.5. The summed E-state index contributed by atoms with van der Waals surface area (Å²) < 4.78 is 3.55. The first kappa shape index (κ1) is 19.2. The van der Waals surface area contributed by atoms with Gasteiger partial charge in [-0.2, -0.15) is 10.2 Å². The van der Waals surface area contributed by atoms with E-state index in [1.807, 2.05) is 49.1 Å². The molecule has 9 heteroatoms. The molecule has 0 saturated heterocycles. The lowest BCUT2D eigenvalue weighted by Crippen LogP contribution is -2.13. The highest BCUT2D eigenvalue weighted by Gasteiger charge is 2.22. The summed E-state index contributed by atoms with van der Waals surface area (Å²) in [5, 5.41) is 14.8. The third-order valence-electron chi connectivity index (χ3n) is 5.49. The minimum atomic E-state index is -0.160. The molecule has 9 nitrogen and oxygen atoms in total. The van der Waals surface area contributed by atoms with E-state index in [4.69, 9.17) is 0 Å². The van der Waals surface area contributed by atoms with Crippen LogP contribution in [0, 0.1) is 5.92 Å². The fourth-order valence-electron chi connectivity index (χ4n) is 3.52. The fourth-order valence-corrected chi connectivity index (χ4v) is 3.52. The SMILES string of the molecule is C[C@H](Nc1cnc2cnn(C)c2n1)c1cccc(NC(=O)c2cnn(CC3CC3)c2)c1. The van der Waals surface area contributed by atoms with Crippen molar-refractivity contribution >= 4 is 28.6 Å². The molecule has 1 fully saturated rings. The molecule has 1 aliphatic rings. The van der Waals surface area contributed by atoms with Crippen LogP contribution in [-0.2, 0) is 13.6 Å². The molecular weight excluding hydrogens is 392 g/mol. The summed E-state index contributed by atoms with van der Waals surface area (Å²) in [7, 11) is 1.84. The molecule has 0 aliphatic heterocycles. The van der Waals surface area contributed by atoms with Crippen LogP contribution < -0.4 is 10.6 Å². The molecule has 5 rings (SSSR count). The Bertz CT molecular complexity index is 1240. The zero-order chi connectivity index (χ0) is 21.4. The summed E-state index contributed by atoms with van der Waals surface area (Å²) in [5.74, 6) is 1.22. The molecular formula is C22H24N8O. The maximum absolute atomic E-state index is 12.6. The van der Waals surface area contributed by atoms with Gasteiger partial charge in [-0.25, -0.2) is 14.6 Å². The molecule has 2 N–H and O–H groups in total. The van der Waals surface area contributed by atoms with Crippen LogP contribution in [0.15, 0.2) is 49.1 Å². The highest BCUT2D eigenvalue weighted by Crippen LogP contribution is 2.30. The number of nitrogens with zero attached hydrogens (tertiary/aromatic N) is 6. The number of fused-ring (bicyclic) bond motifs is 1. The zero-order valence-electron chi connectivity index (χ0n) is 17.5. The lowest BCUT2D eigenvalue weighted by molar-refractivity contribution is 0.102. The normalized spacial score (nSPS) is 14.5. The molecule has 4 aromatic rings.